The van der Waals surface area contributed by atoms with Crippen LogP contribution in [0.1, 0.15) is 18.5 Å². The highest BCUT2D eigenvalue weighted by atomic mass is 16.3. The summed E-state index contributed by atoms with van der Waals surface area (Å²) >= 11 is 0. The number of hydrogen-bond acceptors (Lipinski definition) is 5. The fourth-order valence-electron chi connectivity index (χ4n) is 1.80. The number of hydrogen-bond donors (Lipinski definition) is 2. The summed E-state index contributed by atoms with van der Waals surface area (Å²) in [7, 11) is 2.18. The van der Waals surface area contributed by atoms with Gasteiger partial charge in [-0.15, -0.1) is 5.10 Å². The average molecular weight is 239 g/mol. The van der Waals surface area contributed by atoms with Gasteiger partial charge in [-0.2, -0.15) is 0 Å². The Morgan fingerprint density at radius 1 is 1.59 bits per heavy atom. The van der Waals surface area contributed by atoms with E-state index in [-0.39, 0.29) is 6.61 Å². The van der Waals surface area contributed by atoms with Crippen LogP contribution in [0, 0.1) is 0 Å². The van der Waals surface area contributed by atoms with Crippen LogP contribution in [0.4, 0.5) is 0 Å². The molecule has 0 saturated heterocycles. The van der Waals surface area contributed by atoms with Gasteiger partial charge < -0.3 is 15.3 Å². The molecule has 0 radical (unpaired) electrons. The Morgan fingerprint density at radius 3 is 3.12 bits per heavy atom. The molecule has 1 aromatic heterocycles. The molecule has 2 N–H and O–H groups in total. The third kappa shape index (κ3) is 4.07. The Hall–Kier alpha value is -0.980. The summed E-state index contributed by atoms with van der Waals surface area (Å²) in [6.07, 6.45) is 4.58. The molecular formula is C11H21N5O. The summed E-state index contributed by atoms with van der Waals surface area (Å²) in [5.74, 6) is 0. The van der Waals surface area contributed by atoms with Crippen molar-refractivity contribution in [2.24, 2.45) is 0 Å². The monoisotopic (exact) mass is 239 g/mol. The standard InChI is InChI=1S/C11H21N5O/c1-15(11-2-3-11)5-4-12-8-10-9-16(6-7-17)14-13-10/h9,11-12,17H,2-8H2,1H3. The molecule has 0 bridgehead atoms. The van der Waals surface area contributed by atoms with Crippen LogP contribution in [-0.4, -0.2) is 57.8 Å². The molecule has 0 aliphatic heterocycles. The summed E-state index contributed by atoms with van der Waals surface area (Å²) in [4.78, 5) is 2.40. The first-order valence-corrected chi connectivity index (χ1v) is 6.20. The fraction of sp³-hybridized carbons (Fsp3) is 0.818. The van der Waals surface area contributed by atoms with Crippen LogP contribution >= 0.6 is 0 Å². The minimum Gasteiger partial charge on any atom is -0.394 e. The summed E-state index contributed by atoms with van der Waals surface area (Å²) in [5, 5.41) is 20.0. The molecule has 6 heteroatoms. The second-order valence-corrected chi connectivity index (χ2v) is 4.59. The zero-order chi connectivity index (χ0) is 12.1. The molecule has 1 aliphatic carbocycles. The lowest BCUT2D eigenvalue weighted by molar-refractivity contribution is 0.268. The Labute approximate surface area is 102 Å². The smallest absolute Gasteiger partial charge is 0.0964 e. The molecule has 1 saturated carbocycles. The minimum absolute atomic E-state index is 0.0996. The van der Waals surface area contributed by atoms with Crippen molar-refractivity contribution in [2.75, 3.05) is 26.7 Å². The predicted molar refractivity (Wildman–Crippen MR) is 64.5 cm³/mol. The van der Waals surface area contributed by atoms with Crippen molar-refractivity contribution in [1.29, 1.82) is 0 Å². The molecule has 96 valence electrons. The highest BCUT2D eigenvalue weighted by molar-refractivity contribution is 4.91. The van der Waals surface area contributed by atoms with Crippen LogP contribution in [0.25, 0.3) is 0 Å². The first-order chi connectivity index (χ1) is 8.29. The number of nitrogens with one attached hydrogen (secondary N) is 1. The van der Waals surface area contributed by atoms with E-state index in [9.17, 15) is 0 Å². The van der Waals surface area contributed by atoms with Gasteiger partial charge in [-0.05, 0) is 19.9 Å². The molecule has 0 atom stereocenters. The van der Waals surface area contributed by atoms with Crippen LogP contribution in [0.5, 0.6) is 0 Å². The highest BCUT2D eigenvalue weighted by Gasteiger charge is 2.25. The Kier molecular flexibility index (Phi) is 4.47. The van der Waals surface area contributed by atoms with Crippen molar-refractivity contribution in [3.05, 3.63) is 11.9 Å². The third-order valence-corrected chi connectivity index (χ3v) is 3.03. The summed E-state index contributed by atoms with van der Waals surface area (Å²) in [5.41, 5.74) is 0.924. The lowest BCUT2D eigenvalue weighted by atomic mass is 10.4. The first-order valence-electron chi connectivity index (χ1n) is 6.20. The molecule has 1 aromatic rings. The fourth-order valence-corrected chi connectivity index (χ4v) is 1.80. The minimum atomic E-state index is 0.0996. The number of aliphatic hydroxyl groups excluding tert-OH is 1. The number of nitrogens with zero attached hydrogens (tertiary/aromatic N) is 4. The van der Waals surface area contributed by atoms with Crippen molar-refractivity contribution in [1.82, 2.24) is 25.2 Å². The van der Waals surface area contributed by atoms with Gasteiger partial charge in [0.25, 0.3) is 0 Å². The maximum Gasteiger partial charge on any atom is 0.0964 e. The van der Waals surface area contributed by atoms with Crippen molar-refractivity contribution in [3.63, 3.8) is 0 Å². The molecule has 0 unspecified atom stereocenters. The quantitative estimate of drug-likeness (QED) is 0.596. The van der Waals surface area contributed by atoms with E-state index < -0.39 is 0 Å². The molecule has 1 fully saturated rings. The lowest BCUT2D eigenvalue weighted by Crippen LogP contribution is -2.30. The van der Waals surface area contributed by atoms with Crippen LogP contribution in [-0.2, 0) is 13.1 Å². The zero-order valence-corrected chi connectivity index (χ0v) is 10.3. The van der Waals surface area contributed by atoms with Crippen molar-refractivity contribution in [2.45, 2.75) is 32.0 Å². The normalized spacial score (nSPS) is 15.7. The zero-order valence-electron chi connectivity index (χ0n) is 10.3. The summed E-state index contributed by atoms with van der Waals surface area (Å²) in [6, 6.07) is 0.822. The molecule has 6 nitrogen and oxygen atoms in total. The van der Waals surface area contributed by atoms with Gasteiger partial charge in [0.1, 0.15) is 0 Å². The van der Waals surface area contributed by atoms with Crippen LogP contribution in [0.2, 0.25) is 0 Å². The van der Waals surface area contributed by atoms with E-state index in [1.165, 1.54) is 12.8 Å². The summed E-state index contributed by atoms with van der Waals surface area (Å²) in [6.45, 7) is 3.40. The van der Waals surface area contributed by atoms with E-state index >= 15 is 0 Å². The molecule has 2 rings (SSSR count). The van der Waals surface area contributed by atoms with Crippen LogP contribution < -0.4 is 5.32 Å². The van der Waals surface area contributed by atoms with Gasteiger partial charge in [-0.3, -0.25) is 0 Å². The molecule has 0 spiro atoms. The van der Waals surface area contributed by atoms with Crippen LogP contribution in [0.15, 0.2) is 6.20 Å². The number of rotatable bonds is 8. The topological polar surface area (TPSA) is 66.2 Å². The van der Waals surface area contributed by atoms with E-state index in [1.807, 2.05) is 6.20 Å². The summed E-state index contributed by atoms with van der Waals surface area (Å²) < 4.78 is 1.66. The van der Waals surface area contributed by atoms with Crippen LogP contribution in [0.3, 0.4) is 0 Å². The molecule has 17 heavy (non-hydrogen) atoms. The number of aliphatic hydroxyl groups is 1. The maximum atomic E-state index is 8.75. The Balaban J connectivity index is 1.60. The van der Waals surface area contributed by atoms with Crippen molar-refractivity contribution < 1.29 is 5.11 Å². The lowest BCUT2D eigenvalue weighted by Gasteiger charge is -2.15. The third-order valence-electron chi connectivity index (χ3n) is 3.03. The molecule has 1 heterocycles. The first kappa shape index (κ1) is 12.5. The molecule has 0 aromatic carbocycles. The second kappa shape index (κ2) is 6.09. The molecule has 1 aliphatic rings. The van der Waals surface area contributed by atoms with Gasteiger partial charge in [0.2, 0.25) is 0 Å². The average Bonchev–Trinajstić information content (AvgIpc) is 3.08. The Morgan fingerprint density at radius 2 is 2.41 bits per heavy atom. The SMILES string of the molecule is CN(CCNCc1cn(CCO)nn1)C1CC1. The molecular weight excluding hydrogens is 218 g/mol. The van der Waals surface area contributed by atoms with E-state index in [0.717, 1.165) is 31.4 Å². The molecule has 0 amide bonds. The second-order valence-electron chi connectivity index (χ2n) is 4.59. The van der Waals surface area contributed by atoms with E-state index in [2.05, 4.69) is 27.6 Å². The van der Waals surface area contributed by atoms with E-state index in [1.54, 1.807) is 4.68 Å². The van der Waals surface area contributed by atoms with Gasteiger partial charge in [0, 0.05) is 31.9 Å². The van der Waals surface area contributed by atoms with Gasteiger partial charge in [0.05, 0.1) is 18.8 Å². The van der Waals surface area contributed by atoms with Gasteiger partial charge in [-0.1, -0.05) is 5.21 Å². The largest absolute Gasteiger partial charge is 0.394 e. The van der Waals surface area contributed by atoms with Gasteiger partial charge >= 0.3 is 0 Å². The predicted octanol–water partition coefficient (Wildman–Crippen LogP) is -0.546. The van der Waals surface area contributed by atoms with E-state index in [4.69, 9.17) is 5.11 Å². The Bertz CT molecular complexity index is 336. The highest BCUT2D eigenvalue weighted by Crippen LogP contribution is 2.24. The maximum absolute atomic E-state index is 8.75. The number of likely N-dealkylation sites (N-methyl/N-ethyl adjacent to an activating group) is 1. The number of aromatic nitrogens is 3. The van der Waals surface area contributed by atoms with Crippen molar-refractivity contribution >= 4 is 0 Å². The van der Waals surface area contributed by atoms with E-state index in [0.29, 0.717) is 6.54 Å². The van der Waals surface area contributed by atoms with Gasteiger partial charge in [-0.25, -0.2) is 4.68 Å². The van der Waals surface area contributed by atoms with Crippen molar-refractivity contribution in [3.8, 4) is 0 Å². The van der Waals surface area contributed by atoms with Gasteiger partial charge in [0.15, 0.2) is 0 Å².